The fraction of sp³-hybridized carbons (Fsp3) is 0.421. The summed E-state index contributed by atoms with van der Waals surface area (Å²) in [4.78, 5) is 6.57. The Morgan fingerprint density at radius 1 is 1.27 bits per heavy atom. The van der Waals surface area contributed by atoms with E-state index in [1.165, 1.54) is 41.5 Å². The van der Waals surface area contributed by atoms with Crippen molar-refractivity contribution in [3.05, 3.63) is 58.9 Å². The lowest BCUT2D eigenvalue weighted by Gasteiger charge is -2.26. The summed E-state index contributed by atoms with van der Waals surface area (Å²) in [5.41, 5.74) is 5.48. The van der Waals surface area contributed by atoms with E-state index in [1.54, 1.807) is 7.11 Å². The van der Waals surface area contributed by atoms with Crippen molar-refractivity contribution in [2.45, 2.75) is 38.8 Å². The summed E-state index contributed by atoms with van der Waals surface area (Å²) in [5, 5.41) is 0. The Kier molecular flexibility index (Phi) is 4.44. The number of aromatic nitrogens is 1. The second-order valence-electron chi connectivity index (χ2n) is 6.16. The zero-order valence-electron chi connectivity index (χ0n) is 13.7. The van der Waals surface area contributed by atoms with Gasteiger partial charge in [-0.15, -0.1) is 0 Å². The van der Waals surface area contributed by atoms with Crippen LogP contribution in [0.2, 0.25) is 0 Å². The number of ether oxygens (including phenoxy) is 1. The first-order chi connectivity index (χ1) is 10.7. The van der Waals surface area contributed by atoms with Crippen LogP contribution >= 0.6 is 0 Å². The Morgan fingerprint density at radius 3 is 2.73 bits per heavy atom. The maximum atomic E-state index is 5.62. The molecule has 0 N–H and O–H groups in total. The van der Waals surface area contributed by atoms with Gasteiger partial charge in [0.05, 0.1) is 7.11 Å². The molecule has 0 bridgehead atoms. The number of aryl methyl sites for hydroxylation is 2. The van der Waals surface area contributed by atoms with Crippen molar-refractivity contribution in [1.29, 1.82) is 0 Å². The summed E-state index contributed by atoms with van der Waals surface area (Å²) in [6, 6.07) is 9.03. The van der Waals surface area contributed by atoms with E-state index in [9.17, 15) is 0 Å². The van der Waals surface area contributed by atoms with Crippen LogP contribution < -0.4 is 4.74 Å². The maximum absolute atomic E-state index is 5.62. The van der Waals surface area contributed by atoms with Crippen molar-refractivity contribution in [1.82, 2.24) is 9.88 Å². The van der Waals surface area contributed by atoms with Gasteiger partial charge in [-0.1, -0.05) is 12.1 Å². The van der Waals surface area contributed by atoms with Crippen LogP contribution in [0.15, 0.2) is 36.7 Å². The van der Waals surface area contributed by atoms with Crippen LogP contribution in [0, 0.1) is 0 Å². The van der Waals surface area contributed by atoms with Gasteiger partial charge < -0.3 is 4.74 Å². The molecule has 0 saturated carbocycles. The van der Waals surface area contributed by atoms with Crippen LogP contribution in [-0.2, 0) is 19.4 Å². The summed E-state index contributed by atoms with van der Waals surface area (Å²) >= 11 is 0. The second kappa shape index (κ2) is 6.49. The molecular weight excluding hydrogens is 272 g/mol. The fourth-order valence-electron chi connectivity index (χ4n) is 3.25. The molecule has 0 aliphatic heterocycles. The van der Waals surface area contributed by atoms with Gasteiger partial charge in [-0.2, -0.15) is 0 Å². The van der Waals surface area contributed by atoms with E-state index >= 15 is 0 Å². The van der Waals surface area contributed by atoms with Crippen LogP contribution in [0.4, 0.5) is 0 Å². The van der Waals surface area contributed by atoms with E-state index < -0.39 is 0 Å². The molecule has 1 heterocycles. The van der Waals surface area contributed by atoms with Gasteiger partial charge in [0, 0.05) is 30.5 Å². The van der Waals surface area contributed by atoms with Crippen LogP contribution in [-0.4, -0.2) is 24.0 Å². The number of methoxy groups -OCH3 is 1. The van der Waals surface area contributed by atoms with Crippen molar-refractivity contribution >= 4 is 0 Å². The molecule has 1 unspecified atom stereocenters. The lowest BCUT2D eigenvalue weighted by atomic mass is 10.0. The molecule has 22 heavy (non-hydrogen) atoms. The molecule has 0 saturated heterocycles. The van der Waals surface area contributed by atoms with Crippen LogP contribution in [0.3, 0.4) is 0 Å². The highest BCUT2D eigenvalue weighted by molar-refractivity contribution is 5.44. The van der Waals surface area contributed by atoms with E-state index in [-0.39, 0.29) is 0 Å². The normalized spacial score (nSPS) is 14.9. The highest BCUT2D eigenvalue weighted by Gasteiger charge is 2.18. The number of rotatable bonds is 5. The molecule has 3 heteroatoms. The van der Waals surface area contributed by atoms with Crippen molar-refractivity contribution in [2.24, 2.45) is 0 Å². The molecule has 0 spiro atoms. The van der Waals surface area contributed by atoms with E-state index in [4.69, 9.17) is 4.74 Å². The molecule has 0 radical (unpaired) electrons. The maximum Gasteiger partial charge on any atom is 0.123 e. The molecule has 1 aliphatic carbocycles. The molecule has 3 rings (SSSR count). The predicted octanol–water partition coefficient (Wildman–Crippen LogP) is 3.77. The first-order valence-electron chi connectivity index (χ1n) is 7.98. The molecule has 1 atom stereocenters. The largest absolute Gasteiger partial charge is 0.496 e. The molecule has 116 valence electrons. The minimum absolute atomic E-state index is 0.326. The summed E-state index contributed by atoms with van der Waals surface area (Å²) < 4.78 is 5.62. The fourth-order valence-corrected chi connectivity index (χ4v) is 3.25. The second-order valence-corrected chi connectivity index (χ2v) is 6.16. The minimum atomic E-state index is 0.326. The molecule has 0 fully saturated rings. The standard InChI is InChI=1S/C19H24N2O/c1-14(17-8-5-9-20-12-17)21(2)13-18-10-15-6-4-7-16(15)11-19(18)22-3/h5,8-12,14H,4,6-7,13H2,1-3H3. The van der Waals surface area contributed by atoms with Gasteiger partial charge in [0.2, 0.25) is 0 Å². The van der Waals surface area contributed by atoms with E-state index in [2.05, 4.69) is 42.1 Å². The number of benzene rings is 1. The number of nitrogens with zero attached hydrogens (tertiary/aromatic N) is 2. The highest BCUT2D eigenvalue weighted by atomic mass is 16.5. The Labute approximate surface area is 132 Å². The zero-order chi connectivity index (χ0) is 15.5. The number of hydrogen-bond acceptors (Lipinski definition) is 3. The lowest BCUT2D eigenvalue weighted by molar-refractivity contribution is 0.248. The van der Waals surface area contributed by atoms with Crippen molar-refractivity contribution < 1.29 is 4.74 Å². The Bertz CT molecular complexity index is 639. The third kappa shape index (κ3) is 3.00. The first kappa shape index (κ1) is 15.0. The summed E-state index contributed by atoms with van der Waals surface area (Å²) in [6.45, 7) is 3.10. The third-order valence-corrected chi connectivity index (χ3v) is 4.74. The van der Waals surface area contributed by atoms with Gasteiger partial charge >= 0.3 is 0 Å². The summed E-state index contributed by atoms with van der Waals surface area (Å²) in [7, 11) is 3.93. The topological polar surface area (TPSA) is 25.4 Å². The molecule has 2 aromatic rings. The van der Waals surface area contributed by atoms with Gasteiger partial charge in [0.15, 0.2) is 0 Å². The number of hydrogen-bond donors (Lipinski definition) is 0. The Balaban J connectivity index is 1.80. The molecule has 3 nitrogen and oxygen atoms in total. The lowest BCUT2D eigenvalue weighted by Crippen LogP contribution is -2.22. The van der Waals surface area contributed by atoms with Crippen LogP contribution in [0.25, 0.3) is 0 Å². The minimum Gasteiger partial charge on any atom is -0.496 e. The SMILES string of the molecule is COc1cc2c(cc1CN(C)C(C)c1cccnc1)CCC2. The number of pyridine rings is 1. The van der Waals surface area contributed by atoms with Crippen molar-refractivity contribution in [3.63, 3.8) is 0 Å². The smallest absolute Gasteiger partial charge is 0.123 e. The van der Waals surface area contributed by atoms with Crippen molar-refractivity contribution in [2.75, 3.05) is 14.2 Å². The van der Waals surface area contributed by atoms with E-state index in [0.29, 0.717) is 6.04 Å². The average molecular weight is 296 g/mol. The van der Waals surface area contributed by atoms with Crippen LogP contribution in [0.5, 0.6) is 5.75 Å². The summed E-state index contributed by atoms with van der Waals surface area (Å²) in [6.07, 6.45) is 7.42. The average Bonchev–Trinajstić information content (AvgIpc) is 3.01. The zero-order valence-corrected chi connectivity index (χ0v) is 13.7. The number of fused-ring (bicyclic) bond motifs is 1. The van der Waals surface area contributed by atoms with Gasteiger partial charge in [-0.25, -0.2) is 0 Å². The molecule has 1 aromatic carbocycles. The van der Waals surface area contributed by atoms with E-state index in [1.807, 2.05) is 18.5 Å². The highest BCUT2D eigenvalue weighted by Crippen LogP contribution is 2.31. The third-order valence-electron chi connectivity index (χ3n) is 4.74. The van der Waals surface area contributed by atoms with Gasteiger partial charge in [0.1, 0.15) is 5.75 Å². The monoisotopic (exact) mass is 296 g/mol. The van der Waals surface area contributed by atoms with Gasteiger partial charge in [-0.3, -0.25) is 9.88 Å². The molecule has 1 aromatic heterocycles. The quantitative estimate of drug-likeness (QED) is 0.840. The Morgan fingerprint density at radius 2 is 2.05 bits per heavy atom. The van der Waals surface area contributed by atoms with Gasteiger partial charge in [-0.05, 0) is 62.1 Å². The molecule has 0 amide bonds. The summed E-state index contributed by atoms with van der Waals surface area (Å²) in [5.74, 6) is 1.02. The first-order valence-corrected chi connectivity index (χ1v) is 7.98. The van der Waals surface area contributed by atoms with E-state index in [0.717, 1.165) is 12.3 Å². The molecule has 1 aliphatic rings. The Hall–Kier alpha value is -1.87. The van der Waals surface area contributed by atoms with Crippen molar-refractivity contribution in [3.8, 4) is 5.75 Å². The molecular formula is C19H24N2O. The van der Waals surface area contributed by atoms with Gasteiger partial charge in [0.25, 0.3) is 0 Å². The van der Waals surface area contributed by atoms with Crippen LogP contribution in [0.1, 0.15) is 41.6 Å². The predicted molar refractivity (Wildman–Crippen MR) is 89.1 cm³/mol.